The fourth-order valence-corrected chi connectivity index (χ4v) is 3.23. The highest BCUT2D eigenvalue weighted by Crippen LogP contribution is 2.29. The van der Waals surface area contributed by atoms with Gasteiger partial charge in [-0.15, -0.1) is 0 Å². The maximum Gasteiger partial charge on any atom is 0.307 e. The molecule has 0 spiro atoms. The van der Waals surface area contributed by atoms with Crippen molar-refractivity contribution < 1.29 is 9.90 Å². The Morgan fingerprint density at radius 2 is 1.95 bits per heavy atom. The summed E-state index contributed by atoms with van der Waals surface area (Å²) < 4.78 is 0. The van der Waals surface area contributed by atoms with Gasteiger partial charge in [0.15, 0.2) is 0 Å². The van der Waals surface area contributed by atoms with E-state index in [1.807, 2.05) is 24.3 Å². The zero-order valence-electron chi connectivity index (χ0n) is 11.0. The Bertz CT molecular complexity index is 637. The predicted molar refractivity (Wildman–Crippen MR) is 78.2 cm³/mol. The largest absolute Gasteiger partial charge is 0.481 e. The minimum absolute atomic E-state index is 0.0715. The van der Waals surface area contributed by atoms with E-state index in [0.29, 0.717) is 0 Å². The molecule has 1 aliphatic carbocycles. The fraction of sp³-hybridized carbons (Fsp3) is 0.250. The highest BCUT2D eigenvalue weighted by atomic mass is 32.2. The third-order valence-corrected chi connectivity index (χ3v) is 4.35. The number of nitrogens with zero attached hydrogens (tertiary/aromatic N) is 1. The molecule has 20 heavy (non-hydrogen) atoms. The van der Waals surface area contributed by atoms with Gasteiger partial charge in [-0.1, -0.05) is 30.0 Å². The summed E-state index contributed by atoms with van der Waals surface area (Å²) in [5.74, 6) is -0.800. The fourth-order valence-electron chi connectivity index (χ4n) is 2.43. The summed E-state index contributed by atoms with van der Waals surface area (Å²) in [5.41, 5.74) is 3.44. The van der Waals surface area contributed by atoms with Crippen molar-refractivity contribution in [1.82, 2.24) is 4.98 Å². The molecule has 0 saturated carbocycles. The third-order valence-electron chi connectivity index (χ3n) is 3.40. The van der Waals surface area contributed by atoms with Crippen molar-refractivity contribution in [2.45, 2.75) is 35.6 Å². The van der Waals surface area contributed by atoms with Crippen molar-refractivity contribution in [1.29, 1.82) is 0 Å². The van der Waals surface area contributed by atoms with E-state index >= 15 is 0 Å². The standard InChI is InChI=1S/C16H15NO2S/c18-16(19)10-11-4-7-13(8-5-11)20-15-9-6-12-2-1-3-14(12)17-15/h4-9H,1-3,10H2,(H,18,19). The van der Waals surface area contributed by atoms with Gasteiger partial charge in [0.05, 0.1) is 6.42 Å². The molecular weight excluding hydrogens is 270 g/mol. The molecule has 1 N–H and O–H groups in total. The first-order valence-corrected chi connectivity index (χ1v) is 7.50. The molecule has 0 aliphatic heterocycles. The highest BCUT2D eigenvalue weighted by Gasteiger charge is 2.12. The Balaban J connectivity index is 1.72. The van der Waals surface area contributed by atoms with Crippen LogP contribution in [-0.2, 0) is 24.1 Å². The lowest BCUT2D eigenvalue weighted by Gasteiger charge is -2.05. The summed E-state index contributed by atoms with van der Waals surface area (Å²) in [6, 6.07) is 11.9. The number of hydrogen-bond acceptors (Lipinski definition) is 3. The first-order valence-electron chi connectivity index (χ1n) is 6.68. The second kappa shape index (κ2) is 5.67. The maximum atomic E-state index is 10.6. The lowest BCUT2D eigenvalue weighted by molar-refractivity contribution is -0.136. The third kappa shape index (κ3) is 3.02. The molecular formula is C16H15NO2S. The molecule has 0 bridgehead atoms. The Morgan fingerprint density at radius 3 is 2.70 bits per heavy atom. The van der Waals surface area contributed by atoms with Crippen LogP contribution >= 0.6 is 11.8 Å². The van der Waals surface area contributed by atoms with E-state index in [4.69, 9.17) is 5.11 Å². The minimum atomic E-state index is -0.800. The summed E-state index contributed by atoms with van der Waals surface area (Å²) in [5, 5.41) is 9.76. The number of aliphatic carboxylic acids is 1. The number of carboxylic acid groups (broad SMARTS) is 1. The summed E-state index contributed by atoms with van der Waals surface area (Å²) in [4.78, 5) is 16.4. The molecule has 3 nitrogen and oxygen atoms in total. The van der Waals surface area contributed by atoms with Crippen LogP contribution in [0.2, 0.25) is 0 Å². The number of benzene rings is 1. The monoisotopic (exact) mass is 285 g/mol. The van der Waals surface area contributed by atoms with Crippen molar-refractivity contribution in [3.63, 3.8) is 0 Å². The molecule has 0 unspecified atom stereocenters. The molecule has 102 valence electrons. The van der Waals surface area contributed by atoms with Crippen LogP contribution in [0, 0.1) is 0 Å². The predicted octanol–water partition coefficient (Wildman–Crippen LogP) is 3.35. The number of carboxylic acids is 1. The van der Waals surface area contributed by atoms with Crippen LogP contribution in [0.1, 0.15) is 23.2 Å². The Hall–Kier alpha value is -1.81. The molecule has 1 heterocycles. The van der Waals surface area contributed by atoms with Gasteiger partial charge in [0.25, 0.3) is 0 Å². The highest BCUT2D eigenvalue weighted by molar-refractivity contribution is 7.99. The summed E-state index contributed by atoms with van der Waals surface area (Å²) in [6.45, 7) is 0. The lowest BCUT2D eigenvalue weighted by Crippen LogP contribution is -1.99. The molecule has 0 amide bonds. The summed E-state index contributed by atoms with van der Waals surface area (Å²) in [6.07, 6.45) is 3.51. The van der Waals surface area contributed by atoms with Gasteiger partial charge in [-0.25, -0.2) is 4.98 Å². The molecule has 3 rings (SSSR count). The second-order valence-electron chi connectivity index (χ2n) is 4.93. The van der Waals surface area contributed by atoms with Crippen LogP contribution in [0.25, 0.3) is 0 Å². The van der Waals surface area contributed by atoms with Gasteiger partial charge in [-0.3, -0.25) is 4.79 Å². The first-order chi connectivity index (χ1) is 9.70. The summed E-state index contributed by atoms with van der Waals surface area (Å²) in [7, 11) is 0. The normalized spacial score (nSPS) is 13.2. The molecule has 0 fully saturated rings. The zero-order valence-corrected chi connectivity index (χ0v) is 11.8. The molecule has 4 heteroatoms. The SMILES string of the molecule is O=C(O)Cc1ccc(Sc2ccc3c(n2)CCC3)cc1. The van der Waals surface area contributed by atoms with Crippen molar-refractivity contribution in [3.8, 4) is 0 Å². The van der Waals surface area contributed by atoms with E-state index in [1.54, 1.807) is 11.8 Å². The summed E-state index contributed by atoms with van der Waals surface area (Å²) >= 11 is 1.62. The Labute approximate surface area is 122 Å². The van der Waals surface area contributed by atoms with Crippen molar-refractivity contribution in [3.05, 3.63) is 53.2 Å². The van der Waals surface area contributed by atoms with Gasteiger partial charge in [0.2, 0.25) is 0 Å². The average molecular weight is 285 g/mol. The Morgan fingerprint density at radius 1 is 1.15 bits per heavy atom. The molecule has 2 aromatic rings. The number of aryl methyl sites for hydroxylation is 2. The molecule has 0 saturated heterocycles. The van der Waals surface area contributed by atoms with Gasteiger partial charge < -0.3 is 5.11 Å². The topological polar surface area (TPSA) is 50.2 Å². The van der Waals surface area contributed by atoms with E-state index in [0.717, 1.165) is 28.3 Å². The van der Waals surface area contributed by atoms with Crippen LogP contribution in [0.4, 0.5) is 0 Å². The van der Waals surface area contributed by atoms with Crippen LogP contribution in [0.3, 0.4) is 0 Å². The van der Waals surface area contributed by atoms with Crippen molar-refractivity contribution in [2.24, 2.45) is 0 Å². The Kier molecular flexibility index (Phi) is 3.74. The van der Waals surface area contributed by atoms with Gasteiger partial charge in [0.1, 0.15) is 5.03 Å². The quantitative estimate of drug-likeness (QED) is 0.936. The number of fused-ring (bicyclic) bond motifs is 1. The van der Waals surface area contributed by atoms with E-state index in [1.165, 1.54) is 17.7 Å². The van der Waals surface area contributed by atoms with E-state index in [9.17, 15) is 4.79 Å². The van der Waals surface area contributed by atoms with Gasteiger partial charge in [-0.05, 0) is 48.6 Å². The van der Waals surface area contributed by atoms with Crippen molar-refractivity contribution in [2.75, 3.05) is 0 Å². The smallest absolute Gasteiger partial charge is 0.307 e. The lowest BCUT2D eigenvalue weighted by atomic mass is 10.2. The second-order valence-corrected chi connectivity index (χ2v) is 6.02. The molecule has 0 atom stereocenters. The van der Waals surface area contributed by atoms with E-state index in [2.05, 4.69) is 17.1 Å². The number of rotatable bonds is 4. The molecule has 1 aromatic heterocycles. The number of carbonyl (C=O) groups is 1. The van der Waals surface area contributed by atoms with Crippen LogP contribution < -0.4 is 0 Å². The number of aromatic nitrogens is 1. The molecule has 1 aromatic carbocycles. The minimum Gasteiger partial charge on any atom is -0.481 e. The van der Waals surface area contributed by atoms with E-state index in [-0.39, 0.29) is 6.42 Å². The number of pyridine rings is 1. The van der Waals surface area contributed by atoms with Crippen LogP contribution in [0.15, 0.2) is 46.3 Å². The first kappa shape index (κ1) is 13.2. The average Bonchev–Trinajstić information content (AvgIpc) is 2.88. The van der Waals surface area contributed by atoms with Crippen LogP contribution in [0.5, 0.6) is 0 Å². The zero-order chi connectivity index (χ0) is 13.9. The molecule has 0 radical (unpaired) electrons. The van der Waals surface area contributed by atoms with Gasteiger partial charge >= 0.3 is 5.97 Å². The van der Waals surface area contributed by atoms with Gasteiger partial charge in [-0.2, -0.15) is 0 Å². The van der Waals surface area contributed by atoms with E-state index < -0.39 is 5.97 Å². The number of hydrogen-bond donors (Lipinski definition) is 1. The van der Waals surface area contributed by atoms with Crippen LogP contribution in [-0.4, -0.2) is 16.1 Å². The van der Waals surface area contributed by atoms with Crippen molar-refractivity contribution >= 4 is 17.7 Å². The molecule has 1 aliphatic rings. The van der Waals surface area contributed by atoms with Gasteiger partial charge in [0, 0.05) is 10.6 Å². The maximum absolute atomic E-state index is 10.6.